The first-order valence-electron chi connectivity index (χ1n) is 5.15. The Labute approximate surface area is 97.1 Å². The molecule has 1 aromatic carbocycles. The average Bonchev–Trinajstić information content (AvgIpc) is 2.17. The van der Waals surface area contributed by atoms with Crippen molar-refractivity contribution < 1.29 is 0 Å². The molecule has 0 saturated carbocycles. The van der Waals surface area contributed by atoms with Crippen LogP contribution in [0.25, 0.3) is 0 Å². The highest BCUT2D eigenvalue weighted by atomic mass is 32.1. The summed E-state index contributed by atoms with van der Waals surface area (Å²) >= 11 is 4.84. The first-order chi connectivity index (χ1) is 7.09. The minimum atomic E-state index is 0.604. The van der Waals surface area contributed by atoms with Gasteiger partial charge < -0.3 is 10.6 Å². The molecule has 0 amide bonds. The van der Waals surface area contributed by atoms with Crippen molar-refractivity contribution in [3.8, 4) is 0 Å². The molecule has 1 aromatic rings. The van der Waals surface area contributed by atoms with E-state index in [9.17, 15) is 0 Å². The maximum absolute atomic E-state index is 5.45. The maximum Gasteiger partial charge on any atom is 0.0728 e. The van der Waals surface area contributed by atoms with E-state index in [4.69, 9.17) is 18.0 Å². The second-order valence-electron chi connectivity index (χ2n) is 3.83. The first kappa shape index (κ1) is 12.0. The van der Waals surface area contributed by atoms with Gasteiger partial charge in [0.25, 0.3) is 0 Å². The number of benzene rings is 1. The summed E-state index contributed by atoms with van der Waals surface area (Å²) in [7, 11) is 2.09. The quantitative estimate of drug-likeness (QED) is 0.776. The van der Waals surface area contributed by atoms with Crippen molar-refractivity contribution in [1.29, 1.82) is 0 Å². The molecule has 0 radical (unpaired) electrons. The van der Waals surface area contributed by atoms with Crippen LogP contribution < -0.4 is 10.6 Å². The van der Waals surface area contributed by atoms with Gasteiger partial charge in [0.05, 0.1) is 4.99 Å². The van der Waals surface area contributed by atoms with Crippen molar-refractivity contribution in [2.75, 3.05) is 18.5 Å². The summed E-state index contributed by atoms with van der Waals surface area (Å²) in [4.78, 5) is 2.83. The van der Waals surface area contributed by atoms with Gasteiger partial charge in [0.2, 0.25) is 0 Å². The predicted octanol–water partition coefficient (Wildman–Crippen LogP) is 2.50. The number of rotatable bonds is 5. The molecule has 1 rings (SSSR count). The lowest BCUT2D eigenvalue weighted by atomic mass is 10.2. The summed E-state index contributed by atoms with van der Waals surface area (Å²) in [5, 5.41) is 0. The fraction of sp³-hybridized carbons (Fsp3) is 0.417. The molecule has 0 aliphatic heterocycles. The van der Waals surface area contributed by atoms with Gasteiger partial charge in [-0.3, -0.25) is 0 Å². The number of nitrogens with zero attached hydrogens (tertiary/aromatic N) is 1. The molecular weight excluding hydrogens is 204 g/mol. The van der Waals surface area contributed by atoms with Gasteiger partial charge in [0, 0.05) is 19.3 Å². The Morgan fingerprint density at radius 3 is 2.80 bits per heavy atom. The molecule has 0 aromatic heterocycles. The van der Waals surface area contributed by atoms with Crippen LogP contribution in [0.15, 0.2) is 24.3 Å². The Morgan fingerprint density at radius 2 is 2.20 bits per heavy atom. The lowest BCUT2D eigenvalue weighted by Crippen LogP contribution is -2.20. The molecule has 0 saturated heterocycles. The molecule has 0 bridgehead atoms. The molecule has 82 valence electrons. The van der Waals surface area contributed by atoms with Gasteiger partial charge in [0.1, 0.15) is 0 Å². The Bertz CT molecular complexity index is 336. The van der Waals surface area contributed by atoms with E-state index in [0.29, 0.717) is 4.99 Å². The Kier molecular flexibility index (Phi) is 4.56. The largest absolute Gasteiger partial charge is 0.393 e. The number of thiocarbonyl (C=S) groups is 1. The number of nitrogens with two attached hydrogens (primary N) is 1. The zero-order valence-electron chi connectivity index (χ0n) is 9.36. The van der Waals surface area contributed by atoms with E-state index in [1.807, 2.05) is 0 Å². The Morgan fingerprint density at radius 1 is 1.47 bits per heavy atom. The lowest BCUT2D eigenvalue weighted by molar-refractivity contribution is 0.818. The second-order valence-corrected chi connectivity index (χ2v) is 4.35. The number of aryl methyl sites for hydroxylation is 1. The third-order valence-corrected chi connectivity index (χ3v) is 2.56. The van der Waals surface area contributed by atoms with Crippen LogP contribution >= 0.6 is 12.2 Å². The van der Waals surface area contributed by atoms with E-state index in [-0.39, 0.29) is 0 Å². The topological polar surface area (TPSA) is 29.3 Å². The van der Waals surface area contributed by atoms with Crippen LogP contribution in [0, 0.1) is 6.92 Å². The highest BCUT2D eigenvalue weighted by Crippen LogP contribution is 2.14. The van der Waals surface area contributed by atoms with Gasteiger partial charge in [-0.25, -0.2) is 0 Å². The van der Waals surface area contributed by atoms with Crippen molar-refractivity contribution in [2.24, 2.45) is 5.73 Å². The highest BCUT2D eigenvalue weighted by Gasteiger charge is 2.00. The minimum Gasteiger partial charge on any atom is -0.393 e. The predicted molar refractivity (Wildman–Crippen MR) is 70.5 cm³/mol. The van der Waals surface area contributed by atoms with Crippen molar-refractivity contribution >= 4 is 22.9 Å². The Hall–Kier alpha value is -1.09. The summed E-state index contributed by atoms with van der Waals surface area (Å²) < 4.78 is 0. The fourth-order valence-electron chi connectivity index (χ4n) is 1.48. The zero-order valence-corrected chi connectivity index (χ0v) is 10.2. The number of anilines is 1. The zero-order chi connectivity index (χ0) is 11.3. The van der Waals surface area contributed by atoms with E-state index in [1.165, 1.54) is 11.3 Å². The number of hydrogen-bond donors (Lipinski definition) is 1. The molecule has 2 nitrogen and oxygen atoms in total. The van der Waals surface area contributed by atoms with E-state index in [1.54, 1.807) is 0 Å². The van der Waals surface area contributed by atoms with Gasteiger partial charge in [-0.15, -0.1) is 0 Å². The minimum absolute atomic E-state index is 0.604. The van der Waals surface area contributed by atoms with Crippen molar-refractivity contribution in [3.05, 3.63) is 29.8 Å². The van der Waals surface area contributed by atoms with Crippen LogP contribution in [0.1, 0.15) is 18.4 Å². The highest BCUT2D eigenvalue weighted by molar-refractivity contribution is 7.80. The monoisotopic (exact) mass is 222 g/mol. The normalized spacial score (nSPS) is 10.0. The van der Waals surface area contributed by atoms with Crippen LogP contribution in [-0.4, -0.2) is 18.6 Å². The summed E-state index contributed by atoms with van der Waals surface area (Å²) in [5.74, 6) is 0. The van der Waals surface area contributed by atoms with Crippen LogP contribution in [0.4, 0.5) is 5.69 Å². The van der Waals surface area contributed by atoms with Crippen LogP contribution in [-0.2, 0) is 0 Å². The standard InChI is InChI=1S/C12H18N2S/c1-10-5-3-6-11(9-10)14(2)8-4-7-12(13)15/h3,5-6,9H,4,7-8H2,1-2H3,(H2,13,15). The van der Waals surface area contributed by atoms with Gasteiger partial charge >= 0.3 is 0 Å². The SMILES string of the molecule is Cc1cccc(N(C)CCCC(N)=S)c1. The average molecular weight is 222 g/mol. The smallest absolute Gasteiger partial charge is 0.0728 e. The molecule has 0 spiro atoms. The van der Waals surface area contributed by atoms with Crippen LogP contribution in [0.2, 0.25) is 0 Å². The van der Waals surface area contributed by atoms with E-state index >= 15 is 0 Å². The molecule has 0 unspecified atom stereocenters. The van der Waals surface area contributed by atoms with Crippen LogP contribution in [0.5, 0.6) is 0 Å². The molecule has 15 heavy (non-hydrogen) atoms. The summed E-state index contributed by atoms with van der Waals surface area (Å²) in [6, 6.07) is 8.48. The summed E-state index contributed by atoms with van der Waals surface area (Å²) in [6.07, 6.45) is 1.84. The van der Waals surface area contributed by atoms with Crippen molar-refractivity contribution in [2.45, 2.75) is 19.8 Å². The molecule has 0 fully saturated rings. The van der Waals surface area contributed by atoms with Crippen LogP contribution in [0.3, 0.4) is 0 Å². The van der Waals surface area contributed by atoms with Gasteiger partial charge in [-0.1, -0.05) is 24.4 Å². The van der Waals surface area contributed by atoms with Gasteiger partial charge in [-0.05, 0) is 37.5 Å². The third kappa shape index (κ3) is 4.30. The molecule has 2 N–H and O–H groups in total. The Balaban J connectivity index is 2.46. The lowest BCUT2D eigenvalue weighted by Gasteiger charge is -2.19. The molecule has 0 aliphatic carbocycles. The first-order valence-corrected chi connectivity index (χ1v) is 5.56. The van der Waals surface area contributed by atoms with Crippen molar-refractivity contribution in [1.82, 2.24) is 0 Å². The molecular formula is C12H18N2S. The van der Waals surface area contributed by atoms with E-state index in [2.05, 4.69) is 43.1 Å². The maximum atomic E-state index is 5.45. The molecule has 0 aliphatic rings. The third-order valence-electron chi connectivity index (χ3n) is 2.36. The van der Waals surface area contributed by atoms with E-state index in [0.717, 1.165) is 19.4 Å². The molecule has 0 heterocycles. The molecule has 3 heteroatoms. The van der Waals surface area contributed by atoms with Gasteiger partial charge in [0.15, 0.2) is 0 Å². The summed E-state index contributed by atoms with van der Waals surface area (Å²) in [6.45, 7) is 3.09. The van der Waals surface area contributed by atoms with Crippen molar-refractivity contribution in [3.63, 3.8) is 0 Å². The van der Waals surface area contributed by atoms with E-state index < -0.39 is 0 Å². The number of hydrogen-bond acceptors (Lipinski definition) is 2. The second kappa shape index (κ2) is 5.71. The summed E-state index contributed by atoms with van der Waals surface area (Å²) in [5.41, 5.74) is 7.99. The fourth-order valence-corrected chi connectivity index (χ4v) is 1.63. The molecule has 0 atom stereocenters. The van der Waals surface area contributed by atoms with Gasteiger partial charge in [-0.2, -0.15) is 0 Å².